The van der Waals surface area contributed by atoms with Crippen molar-refractivity contribution in [3.63, 3.8) is 0 Å². The smallest absolute Gasteiger partial charge is 0.354 e. The monoisotopic (exact) mass is 349 g/mol. The minimum absolute atomic E-state index is 0.116. The number of aryl methyl sites for hydroxylation is 1. The fourth-order valence-electron chi connectivity index (χ4n) is 2.23. The summed E-state index contributed by atoms with van der Waals surface area (Å²) in [6, 6.07) is 11.5. The third-order valence-corrected chi connectivity index (χ3v) is 3.56. The highest BCUT2D eigenvalue weighted by atomic mass is 16.5. The standard InChI is InChI=1S/C19H15N3O4/c1-12-10-14(3-5-17(12)26-15-6-8-20-9-7-15)22-18(23)13-2-4-16(19(24)25)21-11-13/h2-11H,1H3,(H,22,23)(H,24,25). The van der Waals surface area contributed by atoms with Gasteiger partial charge >= 0.3 is 5.97 Å². The van der Waals surface area contributed by atoms with E-state index in [2.05, 4.69) is 15.3 Å². The van der Waals surface area contributed by atoms with Crippen LogP contribution in [-0.4, -0.2) is 27.0 Å². The molecule has 3 rings (SSSR count). The van der Waals surface area contributed by atoms with Crippen LogP contribution in [0.5, 0.6) is 11.5 Å². The Labute approximate surface area is 149 Å². The molecule has 0 aliphatic rings. The highest BCUT2D eigenvalue weighted by Crippen LogP contribution is 2.27. The Morgan fingerprint density at radius 2 is 1.85 bits per heavy atom. The summed E-state index contributed by atoms with van der Waals surface area (Å²) in [5, 5.41) is 11.6. The van der Waals surface area contributed by atoms with Crippen molar-refractivity contribution in [1.82, 2.24) is 9.97 Å². The van der Waals surface area contributed by atoms with Crippen LogP contribution in [0.15, 0.2) is 61.1 Å². The maximum Gasteiger partial charge on any atom is 0.354 e. The van der Waals surface area contributed by atoms with E-state index in [-0.39, 0.29) is 17.2 Å². The summed E-state index contributed by atoms with van der Waals surface area (Å²) in [6.45, 7) is 1.87. The van der Waals surface area contributed by atoms with Crippen LogP contribution in [0.2, 0.25) is 0 Å². The second-order valence-electron chi connectivity index (χ2n) is 5.46. The van der Waals surface area contributed by atoms with Gasteiger partial charge in [-0.05, 0) is 55.0 Å². The van der Waals surface area contributed by atoms with Gasteiger partial charge < -0.3 is 15.2 Å². The van der Waals surface area contributed by atoms with Gasteiger partial charge in [-0.3, -0.25) is 9.78 Å². The average Bonchev–Trinajstić information content (AvgIpc) is 2.65. The second-order valence-corrected chi connectivity index (χ2v) is 5.46. The number of hydrogen-bond acceptors (Lipinski definition) is 5. The van der Waals surface area contributed by atoms with Crippen LogP contribution < -0.4 is 10.1 Å². The van der Waals surface area contributed by atoms with Crippen molar-refractivity contribution >= 4 is 17.6 Å². The number of aromatic nitrogens is 2. The van der Waals surface area contributed by atoms with Crippen LogP contribution in [0.25, 0.3) is 0 Å². The van der Waals surface area contributed by atoms with Crippen molar-refractivity contribution in [3.8, 4) is 11.5 Å². The molecule has 0 spiro atoms. The maximum atomic E-state index is 12.2. The van der Waals surface area contributed by atoms with Gasteiger partial charge in [0.2, 0.25) is 0 Å². The molecule has 0 fully saturated rings. The molecule has 0 unspecified atom stereocenters. The third kappa shape index (κ3) is 4.02. The third-order valence-electron chi connectivity index (χ3n) is 3.56. The summed E-state index contributed by atoms with van der Waals surface area (Å²) < 4.78 is 5.77. The van der Waals surface area contributed by atoms with Crippen molar-refractivity contribution in [2.24, 2.45) is 0 Å². The molecule has 3 aromatic rings. The van der Waals surface area contributed by atoms with Gasteiger partial charge in [-0.1, -0.05) is 0 Å². The first kappa shape index (κ1) is 17.1. The summed E-state index contributed by atoms with van der Waals surface area (Å²) in [5.41, 5.74) is 1.59. The first-order valence-electron chi connectivity index (χ1n) is 7.72. The van der Waals surface area contributed by atoms with Crippen LogP contribution >= 0.6 is 0 Å². The van der Waals surface area contributed by atoms with Gasteiger partial charge in [0.15, 0.2) is 0 Å². The highest BCUT2D eigenvalue weighted by Gasteiger charge is 2.10. The molecule has 0 saturated heterocycles. The molecule has 0 atom stereocenters. The molecule has 130 valence electrons. The second kappa shape index (κ2) is 7.43. The van der Waals surface area contributed by atoms with Crippen LogP contribution in [0.1, 0.15) is 26.4 Å². The van der Waals surface area contributed by atoms with E-state index in [0.717, 1.165) is 5.56 Å². The SMILES string of the molecule is Cc1cc(NC(=O)c2ccc(C(=O)O)nc2)ccc1Oc1ccncc1. The molecule has 26 heavy (non-hydrogen) atoms. The Hall–Kier alpha value is -3.74. The molecule has 0 aliphatic heterocycles. The number of carboxylic acids is 1. The molecule has 2 N–H and O–H groups in total. The molecule has 1 aromatic carbocycles. The molecule has 7 nitrogen and oxygen atoms in total. The predicted molar refractivity (Wildman–Crippen MR) is 94.6 cm³/mol. The number of benzene rings is 1. The van der Waals surface area contributed by atoms with Gasteiger partial charge in [-0.25, -0.2) is 9.78 Å². The van der Waals surface area contributed by atoms with Crippen molar-refractivity contribution in [3.05, 3.63) is 77.9 Å². The van der Waals surface area contributed by atoms with Gasteiger partial charge in [-0.15, -0.1) is 0 Å². The van der Waals surface area contributed by atoms with Crippen LogP contribution in [0.4, 0.5) is 5.69 Å². The number of nitrogens with zero attached hydrogens (tertiary/aromatic N) is 2. The Bertz CT molecular complexity index is 941. The van der Waals surface area contributed by atoms with Crippen molar-refractivity contribution in [2.75, 3.05) is 5.32 Å². The van der Waals surface area contributed by atoms with Crippen molar-refractivity contribution < 1.29 is 19.4 Å². The van der Waals surface area contributed by atoms with E-state index < -0.39 is 5.97 Å². The summed E-state index contributed by atoms with van der Waals surface area (Å²) >= 11 is 0. The number of aromatic carboxylic acids is 1. The topological polar surface area (TPSA) is 101 Å². The quantitative estimate of drug-likeness (QED) is 0.731. The van der Waals surface area contributed by atoms with Crippen molar-refractivity contribution in [1.29, 1.82) is 0 Å². The molecule has 1 amide bonds. The number of hydrogen-bond donors (Lipinski definition) is 2. The molecule has 2 heterocycles. The lowest BCUT2D eigenvalue weighted by Crippen LogP contribution is -2.13. The molecule has 0 aliphatic carbocycles. The van der Waals surface area contributed by atoms with E-state index in [1.165, 1.54) is 18.3 Å². The lowest BCUT2D eigenvalue weighted by Gasteiger charge is -2.11. The molecule has 0 bridgehead atoms. The Kier molecular flexibility index (Phi) is 4.89. The number of anilines is 1. The predicted octanol–water partition coefficient (Wildman–Crippen LogP) is 3.53. The molecule has 0 saturated carbocycles. The Balaban J connectivity index is 1.71. The van der Waals surface area contributed by atoms with Crippen LogP contribution in [0, 0.1) is 6.92 Å². The van der Waals surface area contributed by atoms with Gasteiger partial charge in [0.25, 0.3) is 5.91 Å². The summed E-state index contributed by atoms with van der Waals surface area (Å²) in [4.78, 5) is 30.7. The van der Waals surface area contributed by atoms with E-state index in [0.29, 0.717) is 17.2 Å². The fraction of sp³-hybridized carbons (Fsp3) is 0.0526. The normalized spacial score (nSPS) is 10.2. The number of amides is 1. The van der Waals surface area contributed by atoms with E-state index in [9.17, 15) is 9.59 Å². The number of carboxylic acid groups (broad SMARTS) is 1. The van der Waals surface area contributed by atoms with E-state index >= 15 is 0 Å². The minimum Gasteiger partial charge on any atom is -0.477 e. The molecular formula is C19H15N3O4. The molecule has 2 aromatic heterocycles. The number of rotatable bonds is 5. The van der Waals surface area contributed by atoms with E-state index in [4.69, 9.17) is 9.84 Å². The zero-order valence-corrected chi connectivity index (χ0v) is 13.8. The molecular weight excluding hydrogens is 334 g/mol. The zero-order chi connectivity index (χ0) is 18.5. The van der Waals surface area contributed by atoms with E-state index in [1.807, 2.05) is 6.92 Å². The maximum absolute atomic E-state index is 12.2. The summed E-state index contributed by atoms with van der Waals surface area (Å²) in [7, 11) is 0. The van der Waals surface area contributed by atoms with Crippen LogP contribution in [-0.2, 0) is 0 Å². The lowest BCUT2D eigenvalue weighted by molar-refractivity contribution is 0.0690. The van der Waals surface area contributed by atoms with E-state index in [1.54, 1.807) is 42.7 Å². The Morgan fingerprint density at radius 3 is 2.46 bits per heavy atom. The Morgan fingerprint density at radius 1 is 1.08 bits per heavy atom. The number of nitrogens with one attached hydrogen (secondary N) is 1. The molecule has 7 heteroatoms. The lowest BCUT2D eigenvalue weighted by atomic mass is 10.2. The number of carbonyl (C=O) groups is 2. The summed E-state index contributed by atoms with van der Waals surface area (Å²) in [6.07, 6.45) is 4.51. The number of carbonyl (C=O) groups excluding carboxylic acids is 1. The first-order chi connectivity index (χ1) is 12.5. The zero-order valence-electron chi connectivity index (χ0n) is 13.8. The van der Waals surface area contributed by atoms with Gasteiger partial charge in [-0.2, -0.15) is 0 Å². The van der Waals surface area contributed by atoms with Crippen LogP contribution in [0.3, 0.4) is 0 Å². The number of ether oxygens (including phenoxy) is 1. The van der Waals surface area contributed by atoms with Gasteiger partial charge in [0.1, 0.15) is 17.2 Å². The highest BCUT2D eigenvalue weighted by molar-refractivity contribution is 6.04. The fourth-order valence-corrected chi connectivity index (χ4v) is 2.23. The average molecular weight is 349 g/mol. The molecule has 0 radical (unpaired) electrons. The van der Waals surface area contributed by atoms with Gasteiger partial charge in [0.05, 0.1) is 5.56 Å². The largest absolute Gasteiger partial charge is 0.477 e. The first-order valence-corrected chi connectivity index (χ1v) is 7.72. The minimum atomic E-state index is -1.14. The summed E-state index contributed by atoms with van der Waals surface area (Å²) in [5.74, 6) is -0.180. The van der Waals surface area contributed by atoms with Crippen molar-refractivity contribution in [2.45, 2.75) is 6.92 Å². The number of pyridine rings is 2. The van der Waals surface area contributed by atoms with Gasteiger partial charge in [0, 0.05) is 24.3 Å².